The van der Waals surface area contributed by atoms with Gasteiger partial charge in [-0.3, -0.25) is 14.6 Å². The van der Waals surface area contributed by atoms with Crippen LogP contribution in [0.4, 0.5) is 0 Å². The lowest BCUT2D eigenvalue weighted by Gasteiger charge is -2.15. The van der Waals surface area contributed by atoms with E-state index in [1.54, 1.807) is 24.4 Å². The van der Waals surface area contributed by atoms with Crippen molar-refractivity contribution >= 4 is 22.7 Å². The van der Waals surface area contributed by atoms with Crippen molar-refractivity contribution in [3.05, 3.63) is 30.0 Å². The van der Waals surface area contributed by atoms with E-state index in [0.29, 0.717) is 29.5 Å². The highest BCUT2D eigenvalue weighted by molar-refractivity contribution is 6.01. The summed E-state index contributed by atoms with van der Waals surface area (Å²) in [5.41, 5.74) is 6.28. The van der Waals surface area contributed by atoms with Crippen LogP contribution in [0.1, 0.15) is 23.2 Å². The Balaban J connectivity index is 1.53. The number of fused-ring (bicyclic) bond motifs is 2. The summed E-state index contributed by atoms with van der Waals surface area (Å²) in [5, 5.41) is 3.77. The molecule has 2 aliphatic rings. The average Bonchev–Trinajstić information content (AvgIpc) is 3.34. The highest BCUT2D eigenvalue weighted by Crippen LogP contribution is 2.46. The van der Waals surface area contributed by atoms with Gasteiger partial charge in [0.2, 0.25) is 5.91 Å². The molecule has 0 unspecified atom stereocenters. The van der Waals surface area contributed by atoms with E-state index in [1.807, 2.05) is 0 Å². The highest BCUT2D eigenvalue weighted by atomic mass is 16.5. The van der Waals surface area contributed by atoms with Crippen LogP contribution in [0.3, 0.4) is 0 Å². The number of carbonyl (C=O) groups excluding carboxylic acids is 2. The number of amides is 2. The van der Waals surface area contributed by atoms with Gasteiger partial charge in [-0.05, 0) is 30.5 Å². The van der Waals surface area contributed by atoms with Crippen LogP contribution in [0.2, 0.25) is 0 Å². The quantitative estimate of drug-likeness (QED) is 0.823. The second-order valence-corrected chi connectivity index (χ2v) is 6.50. The molecule has 1 aliphatic heterocycles. The fourth-order valence-corrected chi connectivity index (χ4v) is 3.57. The highest BCUT2D eigenvalue weighted by Gasteiger charge is 2.53. The van der Waals surface area contributed by atoms with Gasteiger partial charge in [-0.2, -0.15) is 0 Å². The van der Waals surface area contributed by atoms with E-state index in [1.165, 1.54) is 7.11 Å². The number of pyridine rings is 1. The van der Waals surface area contributed by atoms with Crippen LogP contribution in [0.15, 0.2) is 24.4 Å². The van der Waals surface area contributed by atoms with Crippen LogP contribution in [-0.4, -0.2) is 36.6 Å². The van der Waals surface area contributed by atoms with Crippen molar-refractivity contribution in [2.45, 2.75) is 18.9 Å². The van der Waals surface area contributed by atoms with E-state index < -0.39 is 5.91 Å². The molecule has 2 heterocycles. The second-order valence-electron chi connectivity index (χ2n) is 6.50. The van der Waals surface area contributed by atoms with E-state index in [9.17, 15) is 9.59 Å². The molecule has 2 amide bonds. The van der Waals surface area contributed by atoms with Crippen molar-refractivity contribution in [2.75, 3.05) is 13.7 Å². The van der Waals surface area contributed by atoms with E-state index in [2.05, 4.69) is 10.3 Å². The number of hydrogen-bond donors (Lipinski definition) is 2. The molecule has 1 aliphatic carbocycles. The lowest BCUT2D eigenvalue weighted by molar-refractivity contribution is -0.121. The van der Waals surface area contributed by atoms with Crippen molar-refractivity contribution in [1.29, 1.82) is 0 Å². The van der Waals surface area contributed by atoms with Gasteiger partial charge >= 0.3 is 0 Å². The first-order chi connectivity index (χ1) is 12.1. The fourth-order valence-electron chi connectivity index (χ4n) is 3.57. The first kappa shape index (κ1) is 15.7. The molecule has 4 rings (SSSR count). The molecule has 7 heteroatoms. The summed E-state index contributed by atoms with van der Waals surface area (Å²) in [6, 6.07) is 5.31. The molecule has 1 aromatic carbocycles. The Morgan fingerprint density at radius 2 is 2.24 bits per heavy atom. The number of rotatable bonds is 6. The van der Waals surface area contributed by atoms with Gasteiger partial charge in [0.15, 0.2) is 0 Å². The zero-order valence-corrected chi connectivity index (χ0v) is 13.8. The van der Waals surface area contributed by atoms with Crippen LogP contribution < -0.4 is 20.5 Å². The summed E-state index contributed by atoms with van der Waals surface area (Å²) < 4.78 is 11.2. The van der Waals surface area contributed by atoms with E-state index in [0.717, 1.165) is 18.2 Å². The Morgan fingerprint density at radius 1 is 1.40 bits per heavy atom. The molecule has 0 bridgehead atoms. The Kier molecular flexibility index (Phi) is 3.71. The summed E-state index contributed by atoms with van der Waals surface area (Å²) in [4.78, 5) is 27.4. The minimum absolute atomic E-state index is 0.174. The molecular formula is C18H19N3O4. The first-order valence-corrected chi connectivity index (χ1v) is 8.28. The number of primary amides is 1. The van der Waals surface area contributed by atoms with Gasteiger partial charge in [0.05, 0.1) is 24.8 Å². The maximum Gasteiger partial charge on any atom is 0.252 e. The predicted octanol–water partition coefficient (Wildman–Crippen LogP) is 1.25. The molecule has 130 valence electrons. The molecule has 0 radical (unpaired) electrons. The van der Waals surface area contributed by atoms with Crippen molar-refractivity contribution in [3.63, 3.8) is 0 Å². The number of aromatic nitrogens is 1. The monoisotopic (exact) mass is 341 g/mol. The van der Waals surface area contributed by atoms with Crippen LogP contribution in [0.5, 0.6) is 11.5 Å². The number of piperidine rings is 1. The lowest BCUT2D eigenvalue weighted by Crippen LogP contribution is -2.31. The standard InChI is InChI=1S/C18H19N3O4/c1-24-16-8-11-14(7-12(16)17(19)22)20-4-2-15(11)25-5-3-13-9-6-10(9)18(23)21-13/h2,4,7-10,13H,3,5-6H2,1H3,(H2,19,22)(H,21,23)/t9-,10+,13+/m0/s1. The van der Waals surface area contributed by atoms with Gasteiger partial charge in [-0.25, -0.2) is 0 Å². The van der Waals surface area contributed by atoms with Crippen LogP contribution in [-0.2, 0) is 4.79 Å². The summed E-state index contributed by atoms with van der Waals surface area (Å²) in [5.74, 6) is 1.36. The average molecular weight is 341 g/mol. The molecule has 1 saturated heterocycles. The molecule has 25 heavy (non-hydrogen) atoms. The zero-order chi connectivity index (χ0) is 17.6. The van der Waals surface area contributed by atoms with Crippen molar-refractivity contribution < 1.29 is 19.1 Å². The van der Waals surface area contributed by atoms with E-state index in [-0.39, 0.29) is 23.4 Å². The minimum atomic E-state index is -0.567. The number of carbonyl (C=O) groups is 2. The Hall–Kier alpha value is -2.83. The molecule has 1 saturated carbocycles. The Morgan fingerprint density at radius 3 is 2.88 bits per heavy atom. The van der Waals surface area contributed by atoms with Crippen molar-refractivity contribution in [2.24, 2.45) is 17.6 Å². The molecule has 3 N–H and O–H groups in total. The number of nitrogens with one attached hydrogen (secondary N) is 1. The lowest BCUT2D eigenvalue weighted by atomic mass is 10.1. The summed E-state index contributed by atoms with van der Waals surface area (Å²) >= 11 is 0. The van der Waals surface area contributed by atoms with Gasteiger partial charge in [0, 0.05) is 30.0 Å². The van der Waals surface area contributed by atoms with Crippen LogP contribution in [0.25, 0.3) is 10.9 Å². The summed E-state index contributed by atoms with van der Waals surface area (Å²) in [7, 11) is 1.49. The van der Waals surface area contributed by atoms with Gasteiger partial charge in [0.25, 0.3) is 5.91 Å². The molecule has 2 aromatic rings. The number of nitrogens with zero attached hydrogens (tertiary/aromatic N) is 1. The summed E-state index contributed by atoms with van der Waals surface area (Å²) in [6.45, 7) is 0.493. The predicted molar refractivity (Wildman–Crippen MR) is 90.5 cm³/mol. The normalized spacial score (nSPS) is 23.9. The van der Waals surface area contributed by atoms with Crippen LogP contribution in [0, 0.1) is 11.8 Å². The van der Waals surface area contributed by atoms with Gasteiger partial charge < -0.3 is 20.5 Å². The Bertz CT molecular complexity index is 867. The van der Waals surface area contributed by atoms with Crippen molar-refractivity contribution in [3.8, 4) is 11.5 Å². The maximum absolute atomic E-state index is 11.6. The maximum atomic E-state index is 11.6. The van der Waals surface area contributed by atoms with E-state index >= 15 is 0 Å². The molecule has 7 nitrogen and oxygen atoms in total. The molecular weight excluding hydrogens is 322 g/mol. The number of methoxy groups -OCH3 is 1. The first-order valence-electron chi connectivity index (χ1n) is 8.28. The number of nitrogens with two attached hydrogens (primary N) is 1. The van der Waals surface area contributed by atoms with Gasteiger partial charge in [-0.1, -0.05) is 0 Å². The van der Waals surface area contributed by atoms with Crippen LogP contribution >= 0.6 is 0 Å². The Labute approximate surface area is 144 Å². The number of benzene rings is 1. The molecule has 3 atom stereocenters. The largest absolute Gasteiger partial charge is 0.496 e. The fraction of sp³-hybridized carbons (Fsp3) is 0.389. The SMILES string of the molecule is COc1cc2c(OCC[C@H]3NC(=O)[C@@H]4C[C@H]34)ccnc2cc1C(N)=O. The smallest absolute Gasteiger partial charge is 0.252 e. The van der Waals surface area contributed by atoms with Crippen molar-refractivity contribution in [1.82, 2.24) is 10.3 Å². The number of ether oxygens (including phenoxy) is 2. The third-order valence-corrected chi connectivity index (χ3v) is 5.00. The molecule has 0 spiro atoms. The van der Waals surface area contributed by atoms with Gasteiger partial charge in [0.1, 0.15) is 11.5 Å². The topological polar surface area (TPSA) is 104 Å². The molecule has 2 fully saturated rings. The third kappa shape index (κ3) is 2.75. The summed E-state index contributed by atoms with van der Waals surface area (Å²) in [6.07, 6.45) is 3.40. The van der Waals surface area contributed by atoms with E-state index in [4.69, 9.17) is 15.2 Å². The van der Waals surface area contributed by atoms with Gasteiger partial charge in [-0.15, -0.1) is 0 Å². The zero-order valence-electron chi connectivity index (χ0n) is 13.8. The number of hydrogen-bond acceptors (Lipinski definition) is 5. The minimum Gasteiger partial charge on any atom is -0.496 e. The molecule has 1 aromatic heterocycles. The second kappa shape index (κ2) is 5.91. The third-order valence-electron chi connectivity index (χ3n) is 5.00.